The SMILES string of the molecule is CC1Oc2ccccc2C=C1/C=C/C(=O)NC(C(=O)O)c1ccccc1. The van der Waals surface area contributed by atoms with Crippen LogP contribution in [0.15, 0.2) is 72.3 Å². The molecule has 2 unspecified atom stereocenters. The molecule has 0 aromatic heterocycles. The van der Waals surface area contributed by atoms with Crippen molar-refractivity contribution in [1.29, 1.82) is 0 Å². The highest BCUT2D eigenvalue weighted by Crippen LogP contribution is 2.29. The average Bonchev–Trinajstić information content (AvgIpc) is 2.65. The first kappa shape index (κ1) is 17.5. The van der Waals surface area contributed by atoms with Crippen molar-refractivity contribution in [2.45, 2.75) is 19.1 Å². The Balaban J connectivity index is 1.73. The summed E-state index contributed by atoms with van der Waals surface area (Å²) < 4.78 is 5.82. The number of ether oxygens (including phenoxy) is 1. The fourth-order valence-electron chi connectivity index (χ4n) is 2.74. The van der Waals surface area contributed by atoms with Crippen LogP contribution in [0, 0.1) is 0 Å². The van der Waals surface area contributed by atoms with Crippen LogP contribution in [-0.2, 0) is 9.59 Å². The molecule has 0 radical (unpaired) electrons. The van der Waals surface area contributed by atoms with E-state index in [0.29, 0.717) is 5.56 Å². The summed E-state index contributed by atoms with van der Waals surface area (Å²) in [7, 11) is 0. The van der Waals surface area contributed by atoms with Gasteiger partial charge in [0.05, 0.1) is 0 Å². The highest BCUT2D eigenvalue weighted by atomic mass is 16.5. The molecule has 2 N–H and O–H groups in total. The van der Waals surface area contributed by atoms with Crippen LogP contribution >= 0.6 is 0 Å². The van der Waals surface area contributed by atoms with Gasteiger partial charge >= 0.3 is 5.97 Å². The fourth-order valence-corrected chi connectivity index (χ4v) is 2.74. The maximum Gasteiger partial charge on any atom is 0.330 e. The number of carbonyl (C=O) groups is 2. The molecule has 1 heterocycles. The maximum absolute atomic E-state index is 12.2. The van der Waals surface area contributed by atoms with Crippen LogP contribution < -0.4 is 10.1 Å². The van der Waals surface area contributed by atoms with Gasteiger partial charge in [-0.05, 0) is 36.3 Å². The Kier molecular flexibility index (Phi) is 5.17. The molecule has 2 atom stereocenters. The van der Waals surface area contributed by atoms with Crippen LogP contribution in [0.1, 0.15) is 24.1 Å². The van der Waals surface area contributed by atoms with Crippen molar-refractivity contribution in [3.63, 3.8) is 0 Å². The van der Waals surface area contributed by atoms with E-state index in [1.807, 2.05) is 37.3 Å². The molecule has 0 aliphatic carbocycles. The largest absolute Gasteiger partial charge is 0.485 e. The molecular weight excluding hydrogens is 330 g/mol. The van der Waals surface area contributed by atoms with Crippen molar-refractivity contribution >= 4 is 18.0 Å². The molecule has 2 aromatic carbocycles. The first-order chi connectivity index (χ1) is 12.5. The first-order valence-electron chi connectivity index (χ1n) is 8.28. The topological polar surface area (TPSA) is 75.6 Å². The Bertz CT molecular complexity index is 871. The smallest absolute Gasteiger partial charge is 0.330 e. The van der Waals surface area contributed by atoms with Crippen LogP contribution in [0.25, 0.3) is 6.08 Å². The Morgan fingerprint density at radius 3 is 2.54 bits per heavy atom. The molecule has 1 aliphatic heterocycles. The van der Waals surface area contributed by atoms with Crippen molar-refractivity contribution in [3.8, 4) is 5.75 Å². The molecule has 0 bridgehead atoms. The summed E-state index contributed by atoms with van der Waals surface area (Å²) >= 11 is 0. The van der Waals surface area contributed by atoms with Gasteiger partial charge in [-0.3, -0.25) is 4.79 Å². The number of benzene rings is 2. The molecule has 1 amide bonds. The summed E-state index contributed by atoms with van der Waals surface area (Å²) in [6, 6.07) is 15.1. The number of hydrogen-bond donors (Lipinski definition) is 2. The van der Waals surface area contributed by atoms with Crippen molar-refractivity contribution in [3.05, 3.63) is 83.4 Å². The monoisotopic (exact) mass is 349 g/mol. The third kappa shape index (κ3) is 4.00. The zero-order valence-electron chi connectivity index (χ0n) is 14.3. The van der Waals surface area contributed by atoms with E-state index in [1.165, 1.54) is 6.08 Å². The van der Waals surface area contributed by atoms with Crippen LogP contribution in [0.5, 0.6) is 5.75 Å². The second-order valence-corrected chi connectivity index (χ2v) is 5.97. The van der Waals surface area contributed by atoms with Gasteiger partial charge in [0.2, 0.25) is 5.91 Å². The molecule has 0 fully saturated rings. The van der Waals surface area contributed by atoms with E-state index in [1.54, 1.807) is 36.4 Å². The average molecular weight is 349 g/mol. The van der Waals surface area contributed by atoms with Crippen LogP contribution in [0.4, 0.5) is 0 Å². The predicted molar refractivity (Wildman–Crippen MR) is 98.6 cm³/mol. The van der Waals surface area contributed by atoms with E-state index in [-0.39, 0.29) is 6.10 Å². The molecule has 5 heteroatoms. The first-order valence-corrected chi connectivity index (χ1v) is 8.28. The van der Waals surface area contributed by atoms with Gasteiger partial charge in [0.25, 0.3) is 0 Å². The Labute approximate surface area is 151 Å². The van der Waals surface area contributed by atoms with Gasteiger partial charge in [-0.2, -0.15) is 0 Å². The van der Waals surface area contributed by atoms with Gasteiger partial charge in [-0.15, -0.1) is 0 Å². The van der Waals surface area contributed by atoms with E-state index in [4.69, 9.17) is 4.74 Å². The quantitative estimate of drug-likeness (QED) is 0.812. The fraction of sp³-hybridized carbons (Fsp3) is 0.143. The Morgan fingerprint density at radius 2 is 1.81 bits per heavy atom. The Morgan fingerprint density at radius 1 is 1.12 bits per heavy atom. The Hall–Kier alpha value is -3.34. The van der Waals surface area contributed by atoms with E-state index < -0.39 is 17.9 Å². The van der Waals surface area contributed by atoms with Gasteiger partial charge < -0.3 is 15.2 Å². The van der Waals surface area contributed by atoms with E-state index in [2.05, 4.69) is 5.32 Å². The minimum absolute atomic E-state index is 0.196. The number of carbonyl (C=O) groups excluding carboxylic acids is 1. The van der Waals surface area contributed by atoms with Gasteiger partial charge in [0.1, 0.15) is 11.9 Å². The van der Waals surface area contributed by atoms with Crippen molar-refractivity contribution in [1.82, 2.24) is 5.32 Å². The third-order valence-corrected chi connectivity index (χ3v) is 4.11. The molecule has 0 saturated carbocycles. The molecule has 1 aliphatic rings. The molecule has 2 aromatic rings. The van der Waals surface area contributed by atoms with E-state index >= 15 is 0 Å². The second kappa shape index (κ2) is 7.70. The molecule has 26 heavy (non-hydrogen) atoms. The van der Waals surface area contributed by atoms with E-state index in [9.17, 15) is 14.7 Å². The van der Waals surface area contributed by atoms with E-state index in [0.717, 1.165) is 16.9 Å². The highest BCUT2D eigenvalue weighted by Gasteiger charge is 2.21. The van der Waals surface area contributed by atoms with Gasteiger partial charge in [0.15, 0.2) is 6.04 Å². The lowest BCUT2D eigenvalue weighted by Crippen LogP contribution is -2.32. The lowest BCUT2D eigenvalue weighted by atomic mass is 10.0. The zero-order chi connectivity index (χ0) is 18.5. The van der Waals surface area contributed by atoms with Gasteiger partial charge in [0, 0.05) is 11.6 Å². The van der Waals surface area contributed by atoms with Crippen LogP contribution in [-0.4, -0.2) is 23.1 Å². The predicted octanol–water partition coefficient (Wildman–Crippen LogP) is 3.35. The number of para-hydroxylation sites is 1. The zero-order valence-corrected chi connectivity index (χ0v) is 14.3. The van der Waals surface area contributed by atoms with Gasteiger partial charge in [-0.1, -0.05) is 48.5 Å². The molecule has 0 saturated heterocycles. The number of nitrogens with one attached hydrogen (secondary N) is 1. The normalized spacial score (nSPS) is 17.0. The molecule has 0 spiro atoms. The third-order valence-electron chi connectivity index (χ3n) is 4.11. The summed E-state index contributed by atoms with van der Waals surface area (Å²) in [5, 5.41) is 11.9. The lowest BCUT2D eigenvalue weighted by Gasteiger charge is -2.22. The second-order valence-electron chi connectivity index (χ2n) is 5.97. The number of carboxylic acid groups (broad SMARTS) is 1. The molecule has 132 valence electrons. The number of aliphatic carboxylic acids is 1. The van der Waals surface area contributed by atoms with Crippen molar-refractivity contribution in [2.24, 2.45) is 0 Å². The van der Waals surface area contributed by atoms with Crippen molar-refractivity contribution in [2.75, 3.05) is 0 Å². The maximum atomic E-state index is 12.2. The summed E-state index contributed by atoms with van der Waals surface area (Å²) in [4.78, 5) is 23.7. The van der Waals surface area contributed by atoms with Crippen LogP contribution in [0.2, 0.25) is 0 Å². The number of amides is 1. The number of carboxylic acids is 1. The van der Waals surface area contributed by atoms with Crippen molar-refractivity contribution < 1.29 is 19.4 Å². The summed E-state index contributed by atoms with van der Waals surface area (Å²) in [6.07, 6.45) is 4.75. The standard InChI is InChI=1S/C21H19NO4/c1-14-16(13-17-9-5-6-10-18(17)26-14)11-12-19(23)22-20(21(24)25)15-7-3-2-4-8-15/h2-14,20H,1H3,(H,22,23)(H,24,25)/b12-11+. The minimum atomic E-state index is -1.11. The van der Waals surface area contributed by atoms with Gasteiger partial charge in [-0.25, -0.2) is 4.79 Å². The number of hydrogen-bond acceptors (Lipinski definition) is 3. The lowest BCUT2D eigenvalue weighted by molar-refractivity contribution is -0.141. The minimum Gasteiger partial charge on any atom is -0.485 e. The molecule has 3 rings (SSSR count). The number of rotatable bonds is 5. The molecule has 5 nitrogen and oxygen atoms in total. The highest BCUT2D eigenvalue weighted by molar-refractivity contribution is 5.92. The summed E-state index contributed by atoms with van der Waals surface area (Å²) in [6.45, 7) is 1.90. The summed E-state index contributed by atoms with van der Waals surface area (Å²) in [5.41, 5.74) is 2.30. The van der Waals surface area contributed by atoms with Crippen LogP contribution in [0.3, 0.4) is 0 Å². The molecular formula is C21H19NO4. The number of fused-ring (bicyclic) bond motifs is 1. The summed E-state index contributed by atoms with van der Waals surface area (Å²) in [5.74, 6) is -0.787.